The second-order valence-electron chi connectivity index (χ2n) is 6.52. The van der Waals surface area contributed by atoms with E-state index in [4.69, 9.17) is 9.84 Å². The second-order valence-corrected chi connectivity index (χ2v) is 6.52. The highest BCUT2D eigenvalue weighted by Gasteiger charge is 2.24. The molecule has 1 aliphatic heterocycles. The van der Waals surface area contributed by atoms with Gasteiger partial charge >= 0.3 is 12.1 Å². The molecule has 0 saturated carbocycles. The molecule has 0 unspecified atom stereocenters. The number of carboxylic acid groups (broad SMARTS) is 1. The lowest BCUT2D eigenvalue weighted by molar-refractivity contribution is -0.140. The number of hydrogen-bond donors (Lipinski definition) is 2. The standard InChI is InChI=1S/C15H26N2O5/c1-15(2,3)22-14(21)16-11(13(19)20)7-6-8-12(18)17-9-4-5-10-17/h11H,4-10H2,1-3H3,(H,16,21)(H,19,20)/t11-/m1/s1. The van der Waals surface area contributed by atoms with Gasteiger partial charge in [0.25, 0.3) is 0 Å². The van der Waals surface area contributed by atoms with E-state index in [0.717, 1.165) is 25.9 Å². The van der Waals surface area contributed by atoms with Crippen molar-refractivity contribution in [2.45, 2.75) is 64.5 Å². The van der Waals surface area contributed by atoms with Gasteiger partial charge in [-0.3, -0.25) is 4.79 Å². The average molecular weight is 314 g/mol. The fraction of sp³-hybridized carbons (Fsp3) is 0.800. The van der Waals surface area contributed by atoms with Crippen molar-refractivity contribution in [3.8, 4) is 0 Å². The minimum absolute atomic E-state index is 0.0545. The number of carboxylic acids is 1. The van der Waals surface area contributed by atoms with Gasteiger partial charge in [-0.2, -0.15) is 0 Å². The first-order chi connectivity index (χ1) is 10.2. The number of aliphatic carboxylic acids is 1. The molecule has 0 aliphatic carbocycles. The maximum absolute atomic E-state index is 11.9. The number of alkyl carbamates (subject to hydrolysis) is 1. The highest BCUT2D eigenvalue weighted by molar-refractivity contribution is 5.80. The summed E-state index contributed by atoms with van der Waals surface area (Å²) in [5.41, 5.74) is -0.682. The van der Waals surface area contributed by atoms with Crippen molar-refractivity contribution in [1.29, 1.82) is 0 Å². The summed E-state index contributed by atoms with van der Waals surface area (Å²) >= 11 is 0. The van der Waals surface area contributed by atoms with Gasteiger partial charge < -0.3 is 20.1 Å². The van der Waals surface area contributed by atoms with Gasteiger partial charge in [-0.15, -0.1) is 0 Å². The summed E-state index contributed by atoms with van der Waals surface area (Å²) in [6.07, 6.45) is 2.23. The van der Waals surface area contributed by atoms with E-state index in [0.29, 0.717) is 12.8 Å². The maximum atomic E-state index is 11.9. The van der Waals surface area contributed by atoms with Crippen LogP contribution < -0.4 is 5.32 Å². The fourth-order valence-electron chi connectivity index (χ4n) is 2.29. The molecule has 22 heavy (non-hydrogen) atoms. The molecule has 0 radical (unpaired) electrons. The van der Waals surface area contributed by atoms with E-state index in [1.54, 1.807) is 25.7 Å². The molecule has 1 saturated heterocycles. The molecule has 1 heterocycles. The van der Waals surface area contributed by atoms with Crippen LogP contribution in [-0.4, -0.2) is 52.7 Å². The molecule has 0 aromatic carbocycles. The number of amides is 2. The molecule has 0 aromatic heterocycles. The normalized spacial score (nSPS) is 16.2. The van der Waals surface area contributed by atoms with Crippen LogP contribution in [0.1, 0.15) is 52.9 Å². The average Bonchev–Trinajstić information content (AvgIpc) is 2.88. The Labute approximate surface area is 131 Å². The predicted octanol–water partition coefficient (Wildman–Crippen LogP) is 1.76. The Bertz CT molecular complexity index is 411. The molecule has 7 heteroatoms. The van der Waals surface area contributed by atoms with Crippen molar-refractivity contribution >= 4 is 18.0 Å². The van der Waals surface area contributed by atoms with E-state index in [-0.39, 0.29) is 12.3 Å². The monoisotopic (exact) mass is 314 g/mol. The van der Waals surface area contributed by atoms with Gasteiger partial charge in [0.15, 0.2) is 0 Å². The Hall–Kier alpha value is -1.79. The van der Waals surface area contributed by atoms with Crippen LogP contribution >= 0.6 is 0 Å². The summed E-state index contributed by atoms with van der Waals surface area (Å²) < 4.78 is 5.04. The van der Waals surface area contributed by atoms with Gasteiger partial charge in [0.05, 0.1) is 0 Å². The first-order valence-corrected chi connectivity index (χ1v) is 7.69. The topological polar surface area (TPSA) is 95.9 Å². The molecular weight excluding hydrogens is 288 g/mol. The van der Waals surface area contributed by atoms with Gasteiger partial charge in [-0.1, -0.05) is 0 Å². The zero-order chi connectivity index (χ0) is 16.8. The Morgan fingerprint density at radius 1 is 1.23 bits per heavy atom. The third kappa shape index (κ3) is 6.78. The maximum Gasteiger partial charge on any atom is 0.408 e. The molecule has 2 N–H and O–H groups in total. The summed E-state index contributed by atoms with van der Waals surface area (Å²) in [6, 6.07) is -1.04. The zero-order valence-corrected chi connectivity index (χ0v) is 13.6. The number of likely N-dealkylation sites (tertiary alicyclic amines) is 1. The molecule has 1 aliphatic rings. The Morgan fingerprint density at radius 3 is 2.32 bits per heavy atom. The van der Waals surface area contributed by atoms with Crippen molar-refractivity contribution in [3.63, 3.8) is 0 Å². The minimum Gasteiger partial charge on any atom is -0.480 e. The number of nitrogens with one attached hydrogen (secondary N) is 1. The van der Waals surface area contributed by atoms with Gasteiger partial charge in [-0.05, 0) is 46.5 Å². The Balaban J connectivity index is 2.36. The van der Waals surface area contributed by atoms with Crippen LogP contribution in [-0.2, 0) is 14.3 Å². The van der Waals surface area contributed by atoms with E-state index in [1.807, 2.05) is 0 Å². The SMILES string of the molecule is CC(C)(C)OC(=O)N[C@H](CCCC(=O)N1CCCC1)C(=O)O. The summed E-state index contributed by atoms with van der Waals surface area (Å²) in [5.74, 6) is -1.07. The highest BCUT2D eigenvalue weighted by Crippen LogP contribution is 2.12. The summed E-state index contributed by atoms with van der Waals surface area (Å²) in [6.45, 7) is 6.69. The van der Waals surface area contributed by atoms with Crippen molar-refractivity contribution in [2.75, 3.05) is 13.1 Å². The molecular formula is C15H26N2O5. The van der Waals surface area contributed by atoms with E-state index >= 15 is 0 Å². The fourth-order valence-corrected chi connectivity index (χ4v) is 2.29. The lowest BCUT2D eigenvalue weighted by atomic mass is 10.1. The van der Waals surface area contributed by atoms with E-state index in [1.165, 1.54) is 0 Å². The van der Waals surface area contributed by atoms with Crippen LogP contribution in [0.5, 0.6) is 0 Å². The van der Waals surface area contributed by atoms with Crippen LogP contribution in [0.2, 0.25) is 0 Å². The number of carbonyl (C=O) groups excluding carboxylic acids is 2. The Kier molecular flexibility index (Phi) is 6.64. The van der Waals surface area contributed by atoms with Crippen molar-refractivity contribution in [3.05, 3.63) is 0 Å². The van der Waals surface area contributed by atoms with E-state index in [2.05, 4.69) is 5.32 Å². The number of nitrogens with zero attached hydrogens (tertiary/aromatic N) is 1. The summed E-state index contributed by atoms with van der Waals surface area (Å²) in [4.78, 5) is 36.5. The molecule has 1 fully saturated rings. The Morgan fingerprint density at radius 2 is 1.82 bits per heavy atom. The molecule has 2 amide bonds. The lowest BCUT2D eigenvalue weighted by Crippen LogP contribution is -2.43. The zero-order valence-electron chi connectivity index (χ0n) is 13.6. The molecule has 1 atom stereocenters. The van der Waals surface area contributed by atoms with Crippen LogP contribution in [0.3, 0.4) is 0 Å². The lowest BCUT2D eigenvalue weighted by Gasteiger charge is -2.22. The second kappa shape index (κ2) is 8.00. The smallest absolute Gasteiger partial charge is 0.408 e. The van der Waals surface area contributed by atoms with Crippen LogP contribution in [0, 0.1) is 0 Å². The minimum atomic E-state index is -1.13. The first-order valence-electron chi connectivity index (χ1n) is 7.69. The summed E-state index contributed by atoms with van der Waals surface area (Å²) in [7, 11) is 0. The van der Waals surface area contributed by atoms with Crippen molar-refractivity contribution in [2.24, 2.45) is 0 Å². The van der Waals surface area contributed by atoms with E-state index < -0.39 is 23.7 Å². The quantitative estimate of drug-likeness (QED) is 0.778. The highest BCUT2D eigenvalue weighted by atomic mass is 16.6. The van der Waals surface area contributed by atoms with Gasteiger partial charge in [0.2, 0.25) is 5.91 Å². The predicted molar refractivity (Wildman–Crippen MR) is 80.5 cm³/mol. The van der Waals surface area contributed by atoms with Gasteiger partial charge in [-0.25, -0.2) is 9.59 Å². The van der Waals surface area contributed by atoms with Crippen LogP contribution in [0.4, 0.5) is 4.79 Å². The first kappa shape index (κ1) is 18.3. The summed E-state index contributed by atoms with van der Waals surface area (Å²) in [5, 5.41) is 11.5. The largest absolute Gasteiger partial charge is 0.480 e. The number of carbonyl (C=O) groups is 3. The molecule has 7 nitrogen and oxygen atoms in total. The van der Waals surface area contributed by atoms with Gasteiger partial charge in [0, 0.05) is 19.5 Å². The molecule has 0 bridgehead atoms. The van der Waals surface area contributed by atoms with E-state index in [9.17, 15) is 14.4 Å². The molecule has 0 spiro atoms. The number of hydrogen-bond acceptors (Lipinski definition) is 4. The van der Waals surface area contributed by atoms with Crippen molar-refractivity contribution in [1.82, 2.24) is 10.2 Å². The van der Waals surface area contributed by atoms with Gasteiger partial charge in [0.1, 0.15) is 11.6 Å². The third-order valence-corrected chi connectivity index (χ3v) is 3.33. The molecule has 1 rings (SSSR count). The number of rotatable bonds is 6. The molecule has 126 valence electrons. The van der Waals surface area contributed by atoms with Crippen LogP contribution in [0.15, 0.2) is 0 Å². The number of ether oxygens (including phenoxy) is 1. The molecule has 0 aromatic rings. The van der Waals surface area contributed by atoms with Crippen molar-refractivity contribution < 1.29 is 24.2 Å². The third-order valence-electron chi connectivity index (χ3n) is 3.33. The van der Waals surface area contributed by atoms with Crippen LogP contribution in [0.25, 0.3) is 0 Å².